The summed E-state index contributed by atoms with van der Waals surface area (Å²) >= 11 is 0. The smallest absolute Gasteiger partial charge is 0.227 e. The average Bonchev–Trinajstić information content (AvgIpc) is 2.68. The zero-order valence-corrected chi connectivity index (χ0v) is 16.7. The summed E-state index contributed by atoms with van der Waals surface area (Å²) in [5, 5.41) is 6.36. The lowest BCUT2D eigenvalue weighted by molar-refractivity contribution is -0.132. The molecule has 1 saturated heterocycles. The molecule has 0 unspecified atom stereocenters. The number of carbonyl (C=O) groups is 2. The molecule has 1 aliphatic heterocycles. The van der Waals surface area contributed by atoms with Crippen LogP contribution in [0.2, 0.25) is 0 Å². The Hall–Kier alpha value is -2.96. The number of hydrogen-bond donors (Lipinski definition) is 2. The summed E-state index contributed by atoms with van der Waals surface area (Å²) in [6.07, 6.45) is 3.75. The highest BCUT2D eigenvalue weighted by Gasteiger charge is 2.26. The third-order valence-corrected chi connectivity index (χ3v) is 5.14. The SMILES string of the molecule is CCc1ccc(Nc2cc(C)ncn2)cc1NC(=O)C1CCN(C(C)=O)CC1. The number of nitrogens with one attached hydrogen (secondary N) is 2. The summed E-state index contributed by atoms with van der Waals surface area (Å²) in [6.45, 7) is 6.84. The van der Waals surface area contributed by atoms with Crippen LogP contribution in [0.1, 0.15) is 37.9 Å². The van der Waals surface area contributed by atoms with Crippen molar-refractivity contribution < 1.29 is 9.59 Å². The minimum atomic E-state index is -0.0681. The summed E-state index contributed by atoms with van der Waals surface area (Å²) < 4.78 is 0. The van der Waals surface area contributed by atoms with Gasteiger partial charge in [0.2, 0.25) is 11.8 Å². The first-order valence-electron chi connectivity index (χ1n) is 9.71. The van der Waals surface area contributed by atoms with Gasteiger partial charge in [0.1, 0.15) is 12.1 Å². The molecular formula is C21H27N5O2. The van der Waals surface area contributed by atoms with Crippen molar-refractivity contribution >= 4 is 29.0 Å². The number of rotatable bonds is 5. The normalized spacial score (nSPS) is 14.6. The van der Waals surface area contributed by atoms with Gasteiger partial charge in [-0.05, 0) is 43.9 Å². The van der Waals surface area contributed by atoms with Gasteiger partial charge in [-0.1, -0.05) is 13.0 Å². The van der Waals surface area contributed by atoms with Crippen LogP contribution in [0, 0.1) is 12.8 Å². The van der Waals surface area contributed by atoms with Crippen LogP contribution in [0.3, 0.4) is 0 Å². The van der Waals surface area contributed by atoms with E-state index in [0.29, 0.717) is 31.7 Å². The Morgan fingerprint density at radius 3 is 2.57 bits per heavy atom. The molecule has 0 atom stereocenters. The van der Waals surface area contributed by atoms with Gasteiger partial charge < -0.3 is 15.5 Å². The van der Waals surface area contributed by atoms with E-state index in [1.165, 1.54) is 6.33 Å². The van der Waals surface area contributed by atoms with Crippen LogP contribution in [0.25, 0.3) is 0 Å². The van der Waals surface area contributed by atoms with E-state index in [0.717, 1.165) is 29.1 Å². The predicted molar refractivity (Wildman–Crippen MR) is 109 cm³/mol. The Morgan fingerprint density at radius 1 is 1.18 bits per heavy atom. The van der Waals surface area contributed by atoms with Gasteiger partial charge in [-0.3, -0.25) is 9.59 Å². The van der Waals surface area contributed by atoms with Gasteiger partial charge in [0.25, 0.3) is 0 Å². The van der Waals surface area contributed by atoms with E-state index >= 15 is 0 Å². The van der Waals surface area contributed by atoms with Gasteiger partial charge in [-0.2, -0.15) is 0 Å². The van der Waals surface area contributed by atoms with Gasteiger partial charge in [0.15, 0.2) is 0 Å². The van der Waals surface area contributed by atoms with Crippen LogP contribution >= 0.6 is 0 Å². The van der Waals surface area contributed by atoms with Crippen molar-refractivity contribution in [2.24, 2.45) is 5.92 Å². The summed E-state index contributed by atoms with van der Waals surface area (Å²) in [5.41, 5.74) is 3.64. The monoisotopic (exact) mass is 381 g/mol. The van der Waals surface area contributed by atoms with Crippen LogP contribution in [0.5, 0.6) is 0 Å². The molecule has 2 N–H and O–H groups in total. The second kappa shape index (κ2) is 8.82. The second-order valence-electron chi connectivity index (χ2n) is 7.16. The van der Waals surface area contributed by atoms with E-state index in [1.54, 1.807) is 11.8 Å². The quantitative estimate of drug-likeness (QED) is 0.830. The second-order valence-corrected chi connectivity index (χ2v) is 7.16. The van der Waals surface area contributed by atoms with E-state index in [9.17, 15) is 9.59 Å². The summed E-state index contributed by atoms with van der Waals surface area (Å²) in [7, 11) is 0. The third-order valence-electron chi connectivity index (χ3n) is 5.14. The van der Waals surface area contributed by atoms with Crippen LogP contribution in [-0.4, -0.2) is 39.8 Å². The number of anilines is 3. The third kappa shape index (κ3) is 4.85. The minimum absolute atomic E-state index is 0.0212. The van der Waals surface area contributed by atoms with Gasteiger partial charge in [-0.25, -0.2) is 9.97 Å². The molecule has 1 aliphatic rings. The number of aryl methyl sites for hydroxylation is 2. The van der Waals surface area contributed by atoms with Crippen LogP contribution in [0.4, 0.5) is 17.2 Å². The average molecular weight is 381 g/mol. The number of amides is 2. The van der Waals surface area contributed by atoms with Crippen molar-refractivity contribution in [1.29, 1.82) is 0 Å². The van der Waals surface area contributed by atoms with E-state index in [2.05, 4.69) is 27.5 Å². The Labute approximate surface area is 165 Å². The Morgan fingerprint density at radius 2 is 1.93 bits per heavy atom. The highest BCUT2D eigenvalue weighted by molar-refractivity contribution is 5.94. The number of carbonyl (C=O) groups excluding carboxylic acids is 2. The van der Waals surface area contributed by atoms with Crippen LogP contribution in [0.15, 0.2) is 30.6 Å². The topological polar surface area (TPSA) is 87.2 Å². The van der Waals surface area contributed by atoms with E-state index < -0.39 is 0 Å². The molecule has 148 valence electrons. The highest BCUT2D eigenvalue weighted by atomic mass is 16.2. The molecule has 2 heterocycles. The number of likely N-dealkylation sites (tertiary alicyclic amines) is 1. The molecule has 1 fully saturated rings. The van der Waals surface area contributed by atoms with E-state index in [1.807, 2.05) is 31.2 Å². The minimum Gasteiger partial charge on any atom is -0.343 e. The molecule has 0 radical (unpaired) electrons. The first kappa shape index (κ1) is 19.8. The van der Waals surface area contributed by atoms with Crippen molar-refractivity contribution in [3.63, 3.8) is 0 Å². The first-order chi connectivity index (χ1) is 13.5. The maximum absolute atomic E-state index is 12.8. The molecule has 2 amide bonds. The fourth-order valence-corrected chi connectivity index (χ4v) is 3.44. The Kier molecular flexibility index (Phi) is 6.23. The molecule has 0 aliphatic carbocycles. The lowest BCUT2D eigenvalue weighted by Gasteiger charge is -2.30. The number of nitrogens with zero attached hydrogens (tertiary/aromatic N) is 3. The van der Waals surface area contributed by atoms with Crippen molar-refractivity contribution in [1.82, 2.24) is 14.9 Å². The zero-order chi connectivity index (χ0) is 20.1. The molecule has 3 rings (SSSR count). The lowest BCUT2D eigenvalue weighted by Crippen LogP contribution is -2.40. The fraction of sp³-hybridized carbons (Fsp3) is 0.429. The Bertz CT molecular complexity index is 860. The van der Waals surface area contributed by atoms with Gasteiger partial charge >= 0.3 is 0 Å². The van der Waals surface area contributed by atoms with E-state index in [4.69, 9.17) is 0 Å². The van der Waals surface area contributed by atoms with Crippen molar-refractivity contribution in [3.8, 4) is 0 Å². The van der Waals surface area contributed by atoms with Gasteiger partial charge in [0.05, 0.1) is 0 Å². The molecule has 0 saturated carbocycles. The van der Waals surface area contributed by atoms with Crippen molar-refractivity contribution in [3.05, 3.63) is 41.9 Å². The standard InChI is InChI=1S/C21H27N5O2/c1-4-16-5-6-18(24-20-11-14(2)22-13-23-20)12-19(16)25-21(28)17-7-9-26(10-8-17)15(3)27/h5-6,11-13,17H,4,7-10H2,1-3H3,(H,25,28)(H,22,23,24). The number of piperidine rings is 1. The summed E-state index contributed by atoms with van der Waals surface area (Å²) in [6, 6.07) is 7.81. The molecule has 0 spiro atoms. The maximum atomic E-state index is 12.8. The predicted octanol–water partition coefficient (Wildman–Crippen LogP) is 3.29. The molecular weight excluding hydrogens is 354 g/mol. The fourth-order valence-electron chi connectivity index (χ4n) is 3.44. The molecule has 0 bridgehead atoms. The van der Waals surface area contributed by atoms with E-state index in [-0.39, 0.29) is 17.7 Å². The van der Waals surface area contributed by atoms with Gasteiger partial charge in [-0.15, -0.1) is 0 Å². The first-order valence-corrected chi connectivity index (χ1v) is 9.71. The Balaban J connectivity index is 1.70. The summed E-state index contributed by atoms with van der Waals surface area (Å²) in [4.78, 5) is 34.4. The van der Waals surface area contributed by atoms with Crippen LogP contribution in [-0.2, 0) is 16.0 Å². The molecule has 7 heteroatoms. The largest absolute Gasteiger partial charge is 0.343 e. The van der Waals surface area contributed by atoms with Crippen molar-refractivity contribution in [2.45, 2.75) is 40.0 Å². The van der Waals surface area contributed by atoms with Gasteiger partial charge in [0, 0.05) is 49.1 Å². The molecule has 2 aromatic rings. The summed E-state index contributed by atoms with van der Waals surface area (Å²) in [5.74, 6) is 0.742. The molecule has 28 heavy (non-hydrogen) atoms. The van der Waals surface area contributed by atoms with Crippen LogP contribution < -0.4 is 10.6 Å². The molecule has 1 aromatic carbocycles. The molecule has 7 nitrogen and oxygen atoms in total. The lowest BCUT2D eigenvalue weighted by atomic mass is 9.95. The van der Waals surface area contributed by atoms with Crippen molar-refractivity contribution in [2.75, 3.05) is 23.7 Å². The number of hydrogen-bond acceptors (Lipinski definition) is 5. The molecule has 1 aromatic heterocycles. The maximum Gasteiger partial charge on any atom is 0.227 e. The zero-order valence-electron chi connectivity index (χ0n) is 16.7. The number of aromatic nitrogens is 2. The number of benzene rings is 1. The highest BCUT2D eigenvalue weighted by Crippen LogP contribution is 2.26.